The molecule has 0 fully saturated rings. The molecule has 3 N–H and O–H groups in total. The molecule has 2 atom stereocenters. The van der Waals surface area contributed by atoms with Crippen LogP contribution in [0.3, 0.4) is 0 Å². The number of hydrogen-bond donors (Lipinski definition) is 3. The van der Waals surface area contributed by atoms with Crippen molar-refractivity contribution in [1.82, 2.24) is 0 Å². The summed E-state index contributed by atoms with van der Waals surface area (Å²) in [6.07, 6.45) is -3.00. The molecule has 2 unspecified atom stereocenters. The predicted octanol–water partition coefficient (Wildman–Crippen LogP) is 0.622. The third-order valence-corrected chi connectivity index (χ3v) is 2.49. The van der Waals surface area contributed by atoms with E-state index in [1.54, 1.807) is 23.1 Å². The minimum Gasteiger partial charge on any atom is -0.481 e. The van der Waals surface area contributed by atoms with Gasteiger partial charge >= 0.3 is 5.97 Å². The average molecular weight is 239 g/mol. The van der Waals surface area contributed by atoms with Gasteiger partial charge in [-0.25, -0.2) is 0 Å². The van der Waals surface area contributed by atoms with Crippen molar-refractivity contribution in [3.63, 3.8) is 0 Å². The number of nitrogens with zero attached hydrogens (tertiary/aromatic N) is 1. The normalized spacial score (nSPS) is 14.1. The third-order valence-electron chi connectivity index (χ3n) is 2.49. The van der Waals surface area contributed by atoms with Crippen molar-refractivity contribution in [3.8, 4) is 0 Å². The summed E-state index contributed by atoms with van der Waals surface area (Å²) in [6.45, 7) is 0. The molecule has 0 aromatic heterocycles. The van der Waals surface area contributed by atoms with Gasteiger partial charge < -0.3 is 20.2 Å². The maximum absolute atomic E-state index is 10.5. The summed E-state index contributed by atoms with van der Waals surface area (Å²) in [6, 6.07) is 7.02. The van der Waals surface area contributed by atoms with Crippen LogP contribution < -0.4 is 4.90 Å². The molecule has 17 heavy (non-hydrogen) atoms. The number of hydrogen-bond acceptors (Lipinski definition) is 4. The molecule has 0 amide bonds. The van der Waals surface area contributed by atoms with Gasteiger partial charge in [-0.1, -0.05) is 18.2 Å². The molecule has 5 heteroatoms. The molecule has 5 nitrogen and oxygen atoms in total. The van der Waals surface area contributed by atoms with E-state index in [-0.39, 0.29) is 0 Å². The van der Waals surface area contributed by atoms with E-state index in [1.807, 2.05) is 20.2 Å². The number of aliphatic hydroxyl groups excluding tert-OH is 2. The van der Waals surface area contributed by atoms with Crippen molar-refractivity contribution in [2.24, 2.45) is 0 Å². The Morgan fingerprint density at radius 1 is 1.29 bits per heavy atom. The second-order valence-corrected chi connectivity index (χ2v) is 4.06. The van der Waals surface area contributed by atoms with Crippen LogP contribution in [0.4, 0.5) is 5.69 Å². The van der Waals surface area contributed by atoms with Crippen LogP contribution in [0.1, 0.15) is 18.1 Å². The topological polar surface area (TPSA) is 81.0 Å². The fourth-order valence-corrected chi connectivity index (χ4v) is 1.64. The highest BCUT2D eigenvalue weighted by Gasteiger charge is 2.23. The SMILES string of the molecule is CN(C)c1ccccc1C(O)C(O)CC(=O)O. The van der Waals surface area contributed by atoms with Gasteiger partial charge in [-0.15, -0.1) is 0 Å². The van der Waals surface area contributed by atoms with Crippen LogP contribution >= 0.6 is 0 Å². The third kappa shape index (κ3) is 3.44. The van der Waals surface area contributed by atoms with Crippen LogP contribution in [-0.2, 0) is 4.79 Å². The lowest BCUT2D eigenvalue weighted by Gasteiger charge is -2.23. The molecule has 0 heterocycles. The molecule has 0 radical (unpaired) electrons. The maximum atomic E-state index is 10.5. The Morgan fingerprint density at radius 3 is 2.41 bits per heavy atom. The van der Waals surface area contributed by atoms with Gasteiger partial charge in [0.1, 0.15) is 6.10 Å². The Kier molecular flexibility index (Phi) is 4.48. The first-order valence-corrected chi connectivity index (χ1v) is 5.27. The Morgan fingerprint density at radius 2 is 1.88 bits per heavy atom. The molecular weight excluding hydrogens is 222 g/mol. The van der Waals surface area contributed by atoms with Crippen LogP contribution in [0.2, 0.25) is 0 Å². The molecule has 0 saturated heterocycles. The number of carboxylic acids is 1. The van der Waals surface area contributed by atoms with Crippen molar-refractivity contribution in [2.45, 2.75) is 18.6 Å². The summed E-state index contributed by atoms with van der Waals surface area (Å²) in [5.41, 5.74) is 1.27. The van der Waals surface area contributed by atoms with E-state index >= 15 is 0 Å². The number of carboxylic acid groups (broad SMARTS) is 1. The highest BCUT2D eigenvalue weighted by molar-refractivity contribution is 5.67. The monoisotopic (exact) mass is 239 g/mol. The number of anilines is 1. The van der Waals surface area contributed by atoms with Crippen LogP contribution in [0.25, 0.3) is 0 Å². The average Bonchev–Trinajstić information content (AvgIpc) is 2.27. The minimum absolute atomic E-state index is 0.483. The number of benzene rings is 1. The summed E-state index contributed by atoms with van der Waals surface area (Å²) in [5, 5.41) is 28.1. The van der Waals surface area contributed by atoms with Crippen molar-refractivity contribution < 1.29 is 20.1 Å². The van der Waals surface area contributed by atoms with Crippen molar-refractivity contribution in [2.75, 3.05) is 19.0 Å². The number of rotatable bonds is 5. The molecule has 0 saturated carbocycles. The van der Waals surface area contributed by atoms with Gasteiger partial charge in [0.05, 0.1) is 12.5 Å². The Balaban J connectivity index is 2.95. The predicted molar refractivity (Wildman–Crippen MR) is 64.0 cm³/mol. The van der Waals surface area contributed by atoms with Gasteiger partial charge in [0.25, 0.3) is 0 Å². The Labute approximate surface area is 99.9 Å². The van der Waals surface area contributed by atoms with E-state index in [0.717, 1.165) is 5.69 Å². The van der Waals surface area contributed by atoms with Gasteiger partial charge in [-0.3, -0.25) is 4.79 Å². The lowest BCUT2D eigenvalue weighted by Crippen LogP contribution is -2.23. The summed E-state index contributed by atoms with van der Waals surface area (Å²) in [5.74, 6) is -1.14. The quantitative estimate of drug-likeness (QED) is 0.702. The first kappa shape index (κ1) is 13.5. The molecule has 0 bridgehead atoms. The standard InChI is InChI=1S/C12H17NO4/c1-13(2)9-6-4-3-5-8(9)12(17)10(14)7-11(15)16/h3-6,10,12,14,17H,7H2,1-2H3,(H,15,16). The van der Waals surface area contributed by atoms with Crippen LogP contribution in [-0.4, -0.2) is 41.5 Å². The molecule has 0 aliphatic carbocycles. The number of para-hydroxylation sites is 1. The summed E-state index contributed by atoms with van der Waals surface area (Å²) in [7, 11) is 3.63. The van der Waals surface area contributed by atoms with E-state index in [1.165, 1.54) is 0 Å². The van der Waals surface area contributed by atoms with Crippen LogP contribution in [0.5, 0.6) is 0 Å². The molecule has 0 aliphatic heterocycles. The number of carbonyl (C=O) groups is 1. The van der Waals surface area contributed by atoms with Gasteiger partial charge in [-0.05, 0) is 6.07 Å². The molecule has 0 aliphatic rings. The summed E-state index contributed by atoms with van der Waals surface area (Å²) < 4.78 is 0. The van der Waals surface area contributed by atoms with E-state index in [2.05, 4.69) is 0 Å². The highest BCUT2D eigenvalue weighted by Crippen LogP contribution is 2.27. The van der Waals surface area contributed by atoms with E-state index in [9.17, 15) is 15.0 Å². The first-order valence-electron chi connectivity index (χ1n) is 5.27. The molecule has 1 aromatic rings. The van der Waals surface area contributed by atoms with Gasteiger partial charge in [0, 0.05) is 25.3 Å². The molecule has 1 rings (SSSR count). The fraction of sp³-hybridized carbons (Fsp3) is 0.417. The number of aliphatic carboxylic acids is 1. The lowest BCUT2D eigenvalue weighted by molar-refractivity contribution is -0.141. The van der Waals surface area contributed by atoms with E-state index < -0.39 is 24.6 Å². The summed E-state index contributed by atoms with van der Waals surface area (Å²) in [4.78, 5) is 12.3. The van der Waals surface area contributed by atoms with Crippen molar-refractivity contribution >= 4 is 11.7 Å². The fourth-order valence-electron chi connectivity index (χ4n) is 1.64. The van der Waals surface area contributed by atoms with Crippen molar-refractivity contribution in [1.29, 1.82) is 0 Å². The molecular formula is C12H17NO4. The molecule has 1 aromatic carbocycles. The van der Waals surface area contributed by atoms with Gasteiger partial charge in [0.2, 0.25) is 0 Å². The van der Waals surface area contributed by atoms with Gasteiger partial charge in [-0.2, -0.15) is 0 Å². The highest BCUT2D eigenvalue weighted by atomic mass is 16.4. The Bertz CT molecular complexity index is 392. The first-order chi connectivity index (χ1) is 7.93. The van der Waals surface area contributed by atoms with Gasteiger partial charge in [0.15, 0.2) is 0 Å². The Hall–Kier alpha value is -1.59. The zero-order valence-electron chi connectivity index (χ0n) is 9.87. The van der Waals surface area contributed by atoms with E-state index in [0.29, 0.717) is 5.56 Å². The second kappa shape index (κ2) is 5.65. The van der Waals surface area contributed by atoms with Crippen molar-refractivity contribution in [3.05, 3.63) is 29.8 Å². The maximum Gasteiger partial charge on any atom is 0.306 e. The molecule has 94 valence electrons. The lowest BCUT2D eigenvalue weighted by atomic mass is 10.00. The molecule has 0 spiro atoms. The zero-order chi connectivity index (χ0) is 13.0. The van der Waals surface area contributed by atoms with Crippen LogP contribution in [0.15, 0.2) is 24.3 Å². The smallest absolute Gasteiger partial charge is 0.306 e. The van der Waals surface area contributed by atoms with Crippen LogP contribution in [0, 0.1) is 0 Å². The largest absolute Gasteiger partial charge is 0.481 e. The second-order valence-electron chi connectivity index (χ2n) is 4.06. The van der Waals surface area contributed by atoms with E-state index in [4.69, 9.17) is 5.11 Å². The zero-order valence-corrected chi connectivity index (χ0v) is 9.87. The summed E-state index contributed by atoms with van der Waals surface area (Å²) >= 11 is 0. The minimum atomic E-state index is -1.31. The number of aliphatic hydroxyl groups is 2.